The number of nitrogens with zero attached hydrogens (tertiary/aromatic N) is 1. The molecule has 0 radical (unpaired) electrons. The van der Waals surface area contributed by atoms with Gasteiger partial charge in [-0.25, -0.2) is 4.39 Å². The molecule has 2 rings (SSSR count). The number of benzene rings is 1. The van der Waals surface area contributed by atoms with E-state index >= 15 is 0 Å². The number of hydrogen-bond donors (Lipinski definition) is 1. The van der Waals surface area contributed by atoms with Gasteiger partial charge in [-0.15, -0.1) is 0 Å². The van der Waals surface area contributed by atoms with E-state index in [1.165, 1.54) is 18.9 Å². The molecule has 17 heavy (non-hydrogen) atoms. The molecule has 0 aromatic heterocycles. The van der Waals surface area contributed by atoms with Crippen LogP contribution >= 0.6 is 11.6 Å². The maximum Gasteiger partial charge on any atom is 0.142 e. The highest BCUT2D eigenvalue weighted by Crippen LogP contribution is 2.18. The van der Waals surface area contributed by atoms with Gasteiger partial charge < -0.3 is 10.2 Å². The first-order valence-corrected chi connectivity index (χ1v) is 6.39. The molecule has 4 heteroatoms. The molecule has 1 aliphatic rings. The van der Waals surface area contributed by atoms with Crippen molar-refractivity contribution in [1.29, 1.82) is 0 Å². The molecule has 1 aromatic rings. The Hall–Kier alpha value is -0.640. The zero-order valence-corrected chi connectivity index (χ0v) is 10.8. The summed E-state index contributed by atoms with van der Waals surface area (Å²) in [6.45, 7) is 2.72. The van der Waals surface area contributed by atoms with Crippen molar-refractivity contribution in [3.05, 3.63) is 34.6 Å². The summed E-state index contributed by atoms with van der Waals surface area (Å²) in [7, 11) is 2.04. The second-order valence-electron chi connectivity index (χ2n) is 4.71. The first kappa shape index (κ1) is 12.8. The molecule has 0 saturated heterocycles. The lowest BCUT2D eigenvalue weighted by atomic mass is 10.2. The van der Waals surface area contributed by atoms with Crippen molar-refractivity contribution in [2.75, 3.05) is 20.1 Å². The third-order valence-electron chi connectivity index (χ3n) is 2.94. The Labute approximate surface area is 107 Å². The largest absolute Gasteiger partial charge is 0.313 e. The smallest absolute Gasteiger partial charge is 0.142 e. The number of likely N-dealkylation sites (N-methyl/N-ethyl adjacent to an activating group) is 1. The van der Waals surface area contributed by atoms with Crippen molar-refractivity contribution in [3.8, 4) is 0 Å². The van der Waals surface area contributed by atoms with Crippen LogP contribution in [0.3, 0.4) is 0 Å². The van der Waals surface area contributed by atoms with Crippen molar-refractivity contribution in [2.24, 2.45) is 0 Å². The molecule has 1 aromatic carbocycles. The van der Waals surface area contributed by atoms with E-state index in [2.05, 4.69) is 10.2 Å². The Morgan fingerprint density at radius 2 is 2.24 bits per heavy atom. The highest BCUT2D eigenvalue weighted by atomic mass is 35.5. The number of hydrogen-bond acceptors (Lipinski definition) is 2. The van der Waals surface area contributed by atoms with Gasteiger partial charge in [-0.2, -0.15) is 0 Å². The van der Waals surface area contributed by atoms with Crippen LogP contribution in [0.25, 0.3) is 0 Å². The third-order valence-corrected chi connectivity index (χ3v) is 3.25. The van der Waals surface area contributed by atoms with Crippen LogP contribution in [0.1, 0.15) is 18.4 Å². The van der Waals surface area contributed by atoms with Gasteiger partial charge in [0, 0.05) is 25.7 Å². The standard InChI is InChI=1S/C13H18ClFN2/c1-17(7-6-16-11-3-4-11)9-10-2-5-12(14)13(15)8-10/h2,5,8,11,16H,3-4,6-7,9H2,1H3. The molecule has 0 aliphatic heterocycles. The summed E-state index contributed by atoms with van der Waals surface area (Å²) in [5.74, 6) is -0.339. The van der Waals surface area contributed by atoms with Gasteiger partial charge in [0.15, 0.2) is 0 Å². The van der Waals surface area contributed by atoms with Gasteiger partial charge in [0.05, 0.1) is 5.02 Å². The Kier molecular flexibility index (Phi) is 4.37. The molecule has 0 heterocycles. The zero-order valence-electron chi connectivity index (χ0n) is 10.0. The van der Waals surface area contributed by atoms with Crippen molar-refractivity contribution in [3.63, 3.8) is 0 Å². The number of rotatable bonds is 6. The van der Waals surface area contributed by atoms with Crippen LogP contribution < -0.4 is 5.32 Å². The molecule has 0 amide bonds. The molecular formula is C13H18ClFN2. The summed E-state index contributed by atoms with van der Waals surface area (Å²) in [5.41, 5.74) is 0.959. The van der Waals surface area contributed by atoms with Gasteiger partial charge in [0.1, 0.15) is 5.82 Å². The summed E-state index contributed by atoms with van der Waals surface area (Å²) in [4.78, 5) is 2.18. The maximum atomic E-state index is 13.2. The first-order chi connectivity index (χ1) is 8.15. The molecule has 2 nitrogen and oxygen atoms in total. The fraction of sp³-hybridized carbons (Fsp3) is 0.538. The van der Waals surface area contributed by atoms with Crippen LogP contribution in [0, 0.1) is 5.82 Å². The molecule has 0 bridgehead atoms. The summed E-state index contributed by atoms with van der Waals surface area (Å²) in [6, 6.07) is 5.74. The lowest BCUT2D eigenvalue weighted by molar-refractivity contribution is 0.323. The average molecular weight is 257 g/mol. The first-order valence-electron chi connectivity index (χ1n) is 6.01. The van der Waals surface area contributed by atoms with E-state index in [0.717, 1.165) is 31.2 Å². The molecule has 1 fully saturated rings. The van der Waals surface area contributed by atoms with Crippen molar-refractivity contribution < 1.29 is 4.39 Å². The highest BCUT2D eigenvalue weighted by Gasteiger charge is 2.19. The van der Waals surface area contributed by atoms with E-state index in [1.807, 2.05) is 13.1 Å². The predicted molar refractivity (Wildman–Crippen MR) is 68.8 cm³/mol. The lowest BCUT2D eigenvalue weighted by Gasteiger charge is -2.17. The van der Waals surface area contributed by atoms with E-state index in [-0.39, 0.29) is 10.8 Å². The van der Waals surface area contributed by atoms with Crippen LogP contribution in [0.15, 0.2) is 18.2 Å². The molecule has 0 unspecified atom stereocenters. The topological polar surface area (TPSA) is 15.3 Å². The van der Waals surface area contributed by atoms with E-state index in [0.29, 0.717) is 0 Å². The normalized spacial score (nSPS) is 15.5. The Bertz CT molecular complexity index is 380. The van der Waals surface area contributed by atoms with E-state index < -0.39 is 0 Å². The van der Waals surface area contributed by atoms with Gasteiger partial charge in [-0.3, -0.25) is 0 Å². The van der Waals surface area contributed by atoms with Crippen LogP contribution in [0.2, 0.25) is 5.02 Å². The van der Waals surface area contributed by atoms with Crippen LogP contribution in [0.5, 0.6) is 0 Å². The lowest BCUT2D eigenvalue weighted by Crippen LogP contribution is -2.30. The zero-order chi connectivity index (χ0) is 12.3. The maximum absolute atomic E-state index is 13.2. The highest BCUT2D eigenvalue weighted by molar-refractivity contribution is 6.30. The minimum absolute atomic E-state index is 0.187. The van der Waals surface area contributed by atoms with Crippen molar-refractivity contribution in [2.45, 2.75) is 25.4 Å². The molecule has 0 spiro atoms. The minimum atomic E-state index is -0.339. The van der Waals surface area contributed by atoms with Crippen molar-refractivity contribution >= 4 is 11.6 Å². The minimum Gasteiger partial charge on any atom is -0.313 e. The van der Waals surface area contributed by atoms with Gasteiger partial charge in [-0.1, -0.05) is 17.7 Å². The fourth-order valence-electron chi connectivity index (χ4n) is 1.78. The summed E-state index contributed by atoms with van der Waals surface area (Å²) in [5, 5.41) is 3.64. The van der Waals surface area contributed by atoms with Gasteiger partial charge in [-0.05, 0) is 37.6 Å². The Morgan fingerprint density at radius 3 is 2.88 bits per heavy atom. The molecule has 1 aliphatic carbocycles. The Morgan fingerprint density at radius 1 is 1.47 bits per heavy atom. The van der Waals surface area contributed by atoms with Gasteiger partial charge in [0.2, 0.25) is 0 Å². The van der Waals surface area contributed by atoms with Gasteiger partial charge >= 0.3 is 0 Å². The fourth-order valence-corrected chi connectivity index (χ4v) is 1.89. The van der Waals surface area contributed by atoms with E-state index in [9.17, 15) is 4.39 Å². The molecule has 0 atom stereocenters. The number of nitrogens with one attached hydrogen (secondary N) is 1. The van der Waals surface area contributed by atoms with Gasteiger partial charge in [0.25, 0.3) is 0 Å². The molecular weight excluding hydrogens is 239 g/mol. The van der Waals surface area contributed by atoms with Crippen LogP contribution in [-0.2, 0) is 6.54 Å². The second-order valence-corrected chi connectivity index (χ2v) is 5.12. The summed E-state index contributed by atoms with van der Waals surface area (Å²) < 4.78 is 13.2. The third kappa shape index (κ3) is 4.26. The van der Waals surface area contributed by atoms with E-state index in [1.54, 1.807) is 6.07 Å². The van der Waals surface area contributed by atoms with Crippen LogP contribution in [-0.4, -0.2) is 31.1 Å². The van der Waals surface area contributed by atoms with E-state index in [4.69, 9.17) is 11.6 Å². The SMILES string of the molecule is CN(CCNC1CC1)Cc1ccc(Cl)c(F)c1. The second kappa shape index (κ2) is 5.80. The Balaban J connectivity index is 1.75. The quantitative estimate of drug-likeness (QED) is 0.842. The number of halogens is 2. The van der Waals surface area contributed by atoms with Crippen molar-refractivity contribution in [1.82, 2.24) is 10.2 Å². The average Bonchev–Trinajstić information content (AvgIpc) is 3.07. The molecule has 1 N–H and O–H groups in total. The van der Waals surface area contributed by atoms with Crippen LogP contribution in [0.4, 0.5) is 4.39 Å². The molecule has 94 valence electrons. The summed E-state index contributed by atoms with van der Waals surface area (Å²) in [6.07, 6.45) is 2.62. The summed E-state index contributed by atoms with van der Waals surface area (Å²) >= 11 is 5.64. The monoisotopic (exact) mass is 256 g/mol. The molecule has 1 saturated carbocycles. The predicted octanol–water partition coefficient (Wildman–Crippen LogP) is 2.66.